The van der Waals surface area contributed by atoms with Crippen LogP contribution in [0.2, 0.25) is 0 Å². The largest absolute Gasteiger partial charge is 0.469 e. The normalized spacial score (nSPS) is 11.3. The Kier molecular flexibility index (Phi) is 4.11. The Balaban J connectivity index is 3.09. The molecule has 3 nitrogen and oxygen atoms in total. The maximum Gasteiger partial charge on any atom is 0.418 e. The van der Waals surface area contributed by atoms with Gasteiger partial charge in [-0.3, -0.25) is 9.78 Å². The number of carbonyl (C=O) groups excluding carboxylic acids is 1. The van der Waals surface area contributed by atoms with Gasteiger partial charge in [0.05, 0.1) is 19.1 Å². The van der Waals surface area contributed by atoms with Crippen LogP contribution in [0.1, 0.15) is 11.1 Å². The molecule has 0 spiro atoms. The second-order valence-corrected chi connectivity index (χ2v) is 3.99. The molecule has 1 heterocycles. The summed E-state index contributed by atoms with van der Waals surface area (Å²) in [7, 11) is 1.18. The third-order valence-corrected chi connectivity index (χ3v) is 3.09. The highest BCUT2D eigenvalue weighted by atomic mass is 127. The summed E-state index contributed by atoms with van der Waals surface area (Å²) in [5, 5.41) is 0. The van der Waals surface area contributed by atoms with Gasteiger partial charge in [-0.15, -0.1) is 0 Å². The molecule has 0 aliphatic rings. The zero-order valence-corrected chi connectivity index (χ0v) is 10.3. The van der Waals surface area contributed by atoms with E-state index in [1.165, 1.54) is 13.3 Å². The zero-order chi connectivity index (χ0) is 12.3. The first-order valence-corrected chi connectivity index (χ1v) is 5.20. The number of aromatic nitrogens is 1. The van der Waals surface area contributed by atoms with Crippen molar-refractivity contribution in [3.8, 4) is 0 Å². The molecule has 1 aromatic heterocycles. The molecule has 0 bridgehead atoms. The number of halogens is 4. The molecule has 0 N–H and O–H groups in total. The topological polar surface area (TPSA) is 39.2 Å². The van der Waals surface area contributed by atoms with Crippen LogP contribution < -0.4 is 0 Å². The quantitative estimate of drug-likeness (QED) is 0.611. The van der Waals surface area contributed by atoms with Gasteiger partial charge >= 0.3 is 12.1 Å². The Morgan fingerprint density at radius 1 is 1.50 bits per heavy atom. The van der Waals surface area contributed by atoms with E-state index >= 15 is 0 Å². The van der Waals surface area contributed by atoms with Gasteiger partial charge in [0.1, 0.15) is 0 Å². The van der Waals surface area contributed by atoms with E-state index in [1.54, 1.807) is 22.6 Å². The second-order valence-electron chi connectivity index (χ2n) is 2.91. The molecule has 1 aromatic rings. The molecule has 0 saturated carbocycles. The summed E-state index contributed by atoms with van der Waals surface area (Å²) in [6.45, 7) is 0. The van der Waals surface area contributed by atoms with Gasteiger partial charge in [-0.1, -0.05) is 0 Å². The smallest absolute Gasteiger partial charge is 0.418 e. The number of hydrogen-bond donors (Lipinski definition) is 0. The van der Waals surface area contributed by atoms with Crippen molar-refractivity contribution in [1.82, 2.24) is 4.98 Å². The van der Waals surface area contributed by atoms with Gasteiger partial charge in [0.25, 0.3) is 0 Å². The number of hydrogen-bond acceptors (Lipinski definition) is 3. The van der Waals surface area contributed by atoms with E-state index in [-0.39, 0.29) is 15.6 Å². The highest BCUT2D eigenvalue weighted by Crippen LogP contribution is 2.33. The standard InChI is InChI=1S/C9H7F3INO2/c1-16-7(15)2-5-3-14-4-6(8(5)13)9(10,11)12/h3-4H,2H2,1H3. The second kappa shape index (κ2) is 4.98. The first-order chi connectivity index (χ1) is 7.36. The fourth-order valence-corrected chi connectivity index (χ4v) is 1.81. The molecule has 0 radical (unpaired) electrons. The van der Waals surface area contributed by atoms with E-state index in [1.807, 2.05) is 0 Å². The highest BCUT2D eigenvalue weighted by molar-refractivity contribution is 14.1. The number of methoxy groups -OCH3 is 1. The van der Waals surface area contributed by atoms with Crippen LogP contribution in [0.4, 0.5) is 13.2 Å². The molecule has 1 rings (SSSR count). The predicted molar refractivity (Wildman–Crippen MR) is 57.7 cm³/mol. The van der Waals surface area contributed by atoms with Crippen LogP contribution in [0.3, 0.4) is 0 Å². The van der Waals surface area contributed by atoms with E-state index in [0.29, 0.717) is 0 Å². The van der Waals surface area contributed by atoms with Crippen molar-refractivity contribution in [3.63, 3.8) is 0 Å². The summed E-state index contributed by atoms with van der Waals surface area (Å²) < 4.78 is 41.8. The molecule has 0 saturated heterocycles. The van der Waals surface area contributed by atoms with E-state index < -0.39 is 17.7 Å². The maximum absolute atomic E-state index is 12.5. The van der Waals surface area contributed by atoms with Crippen LogP contribution in [0.25, 0.3) is 0 Å². The first kappa shape index (κ1) is 13.2. The Hall–Kier alpha value is -0.860. The van der Waals surface area contributed by atoms with Gasteiger partial charge in [0.15, 0.2) is 0 Å². The lowest BCUT2D eigenvalue weighted by atomic mass is 10.1. The summed E-state index contributed by atoms with van der Waals surface area (Å²) >= 11 is 1.55. The molecule has 0 atom stereocenters. The van der Waals surface area contributed by atoms with E-state index in [0.717, 1.165) is 6.20 Å². The fourth-order valence-electron chi connectivity index (χ4n) is 1.04. The van der Waals surface area contributed by atoms with Gasteiger partial charge in [-0.05, 0) is 28.2 Å². The van der Waals surface area contributed by atoms with Crippen LogP contribution in [0, 0.1) is 3.57 Å². The summed E-state index contributed by atoms with van der Waals surface area (Å²) in [5.74, 6) is -0.598. The van der Waals surface area contributed by atoms with E-state index in [9.17, 15) is 18.0 Å². The molecular weight excluding hydrogens is 338 g/mol. The summed E-state index contributed by atoms with van der Waals surface area (Å²) in [6.07, 6.45) is -2.71. The Labute approximate surface area is 103 Å². The predicted octanol–water partition coefficient (Wildman–Crippen LogP) is 2.42. The highest BCUT2D eigenvalue weighted by Gasteiger charge is 2.34. The molecular formula is C9H7F3INO2. The van der Waals surface area contributed by atoms with Crippen LogP contribution in [-0.4, -0.2) is 18.1 Å². The molecule has 0 amide bonds. The third-order valence-electron chi connectivity index (χ3n) is 1.82. The number of ether oxygens (including phenoxy) is 1. The lowest BCUT2D eigenvalue weighted by Gasteiger charge is -2.11. The Morgan fingerprint density at radius 3 is 2.62 bits per heavy atom. The minimum atomic E-state index is -4.46. The number of alkyl halides is 3. The van der Waals surface area contributed by atoms with Gasteiger partial charge in [0.2, 0.25) is 0 Å². The van der Waals surface area contributed by atoms with Crippen molar-refractivity contribution >= 4 is 28.6 Å². The van der Waals surface area contributed by atoms with E-state index in [4.69, 9.17) is 0 Å². The summed E-state index contributed by atoms with van der Waals surface area (Å²) in [6, 6.07) is 0. The lowest BCUT2D eigenvalue weighted by Crippen LogP contribution is -2.13. The van der Waals surface area contributed by atoms with Gasteiger partial charge in [0, 0.05) is 16.0 Å². The van der Waals surface area contributed by atoms with Crippen molar-refractivity contribution < 1.29 is 22.7 Å². The average Bonchev–Trinajstić information content (AvgIpc) is 2.19. The van der Waals surface area contributed by atoms with Crippen LogP contribution >= 0.6 is 22.6 Å². The van der Waals surface area contributed by atoms with E-state index in [2.05, 4.69) is 9.72 Å². The van der Waals surface area contributed by atoms with Crippen molar-refractivity contribution in [2.24, 2.45) is 0 Å². The summed E-state index contributed by atoms with van der Waals surface area (Å²) in [5.41, 5.74) is -0.628. The van der Waals surface area contributed by atoms with Crippen molar-refractivity contribution in [1.29, 1.82) is 0 Å². The van der Waals surface area contributed by atoms with Crippen LogP contribution in [0.15, 0.2) is 12.4 Å². The monoisotopic (exact) mass is 345 g/mol. The summed E-state index contributed by atoms with van der Waals surface area (Å²) in [4.78, 5) is 14.4. The molecule has 0 aliphatic heterocycles. The Morgan fingerprint density at radius 2 is 2.12 bits per heavy atom. The molecule has 0 aliphatic carbocycles. The third kappa shape index (κ3) is 3.06. The first-order valence-electron chi connectivity index (χ1n) is 4.12. The minimum Gasteiger partial charge on any atom is -0.469 e. The fraction of sp³-hybridized carbons (Fsp3) is 0.333. The molecule has 0 fully saturated rings. The lowest BCUT2D eigenvalue weighted by molar-refractivity contribution is -0.141. The van der Waals surface area contributed by atoms with Gasteiger partial charge in [-0.25, -0.2) is 0 Å². The molecule has 0 aromatic carbocycles. The number of pyridine rings is 1. The molecule has 16 heavy (non-hydrogen) atoms. The van der Waals surface area contributed by atoms with Crippen molar-refractivity contribution in [3.05, 3.63) is 27.1 Å². The molecule has 7 heteroatoms. The SMILES string of the molecule is COC(=O)Cc1cncc(C(F)(F)F)c1I. The molecule has 0 unspecified atom stereocenters. The van der Waals surface area contributed by atoms with Crippen LogP contribution in [0.5, 0.6) is 0 Å². The number of carbonyl (C=O) groups is 1. The minimum absolute atomic E-state index is 0.0227. The zero-order valence-electron chi connectivity index (χ0n) is 8.14. The van der Waals surface area contributed by atoms with Crippen molar-refractivity contribution in [2.45, 2.75) is 12.6 Å². The number of rotatable bonds is 2. The van der Waals surface area contributed by atoms with Gasteiger partial charge in [-0.2, -0.15) is 13.2 Å². The van der Waals surface area contributed by atoms with Crippen molar-refractivity contribution in [2.75, 3.05) is 7.11 Å². The van der Waals surface area contributed by atoms with Gasteiger partial charge < -0.3 is 4.74 Å². The Bertz CT molecular complexity index is 406. The number of esters is 1. The molecule has 88 valence electrons. The maximum atomic E-state index is 12.5. The van der Waals surface area contributed by atoms with Crippen LogP contribution in [-0.2, 0) is 22.1 Å². The number of nitrogens with zero attached hydrogens (tertiary/aromatic N) is 1. The average molecular weight is 345 g/mol.